The normalized spacial score (nSPS) is 11.8. The molecule has 20 heavy (non-hydrogen) atoms. The molecule has 1 aromatic heterocycles. The number of carbonyl (C=O) groups excluding carboxylic acids is 1. The smallest absolute Gasteiger partial charge is 0.315 e. The fourth-order valence-corrected chi connectivity index (χ4v) is 1.91. The van der Waals surface area contributed by atoms with Gasteiger partial charge in [-0.1, -0.05) is 12.1 Å². The Morgan fingerprint density at radius 3 is 2.65 bits per heavy atom. The second kappa shape index (κ2) is 5.96. The van der Waals surface area contributed by atoms with Crippen LogP contribution >= 0.6 is 0 Å². The van der Waals surface area contributed by atoms with Crippen LogP contribution in [0.25, 0.3) is 0 Å². The van der Waals surface area contributed by atoms with Crippen LogP contribution in [0, 0.1) is 10.1 Å². The molecule has 7 heteroatoms. The zero-order valence-electron chi connectivity index (χ0n) is 10.8. The maximum atomic E-state index is 11.8. The Labute approximate surface area is 114 Å². The first-order valence-electron chi connectivity index (χ1n) is 5.91. The van der Waals surface area contributed by atoms with Crippen molar-refractivity contribution in [3.63, 3.8) is 0 Å². The Bertz CT molecular complexity index is 593. The third-order valence-corrected chi connectivity index (χ3v) is 2.97. The molecular formula is C13H13N3O4. The number of methoxy groups -OCH3 is 1. The molecule has 0 aliphatic rings. The number of benzene rings is 1. The van der Waals surface area contributed by atoms with Gasteiger partial charge in [0, 0.05) is 24.0 Å². The van der Waals surface area contributed by atoms with Crippen LogP contribution in [-0.4, -0.2) is 28.0 Å². The quantitative estimate of drug-likeness (QED) is 0.510. The van der Waals surface area contributed by atoms with E-state index in [1.54, 1.807) is 18.3 Å². The number of carbonyl (C=O) groups is 1. The summed E-state index contributed by atoms with van der Waals surface area (Å²) in [5, 5.41) is 10.6. The molecule has 0 saturated carbocycles. The van der Waals surface area contributed by atoms with Crippen molar-refractivity contribution in [3.8, 4) is 0 Å². The van der Waals surface area contributed by atoms with Gasteiger partial charge in [0.15, 0.2) is 0 Å². The van der Waals surface area contributed by atoms with E-state index in [-0.39, 0.29) is 11.7 Å². The maximum absolute atomic E-state index is 11.8. The topological polar surface area (TPSA) is 98.1 Å². The fraction of sp³-hybridized carbons (Fsp3) is 0.231. The summed E-state index contributed by atoms with van der Waals surface area (Å²) in [6.07, 6.45) is 3.43. The molecule has 2 aromatic rings. The number of nitro benzene ring substituents is 1. The summed E-state index contributed by atoms with van der Waals surface area (Å²) in [7, 11) is 1.32. The highest BCUT2D eigenvalue weighted by Crippen LogP contribution is 2.22. The Kier molecular flexibility index (Phi) is 4.09. The Hall–Kier alpha value is -2.70. The minimum Gasteiger partial charge on any atom is -0.468 e. The van der Waals surface area contributed by atoms with Crippen LogP contribution in [0.3, 0.4) is 0 Å². The minimum absolute atomic E-state index is 0.0184. The summed E-state index contributed by atoms with van der Waals surface area (Å²) in [4.78, 5) is 28.7. The second-order valence-corrected chi connectivity index (χ2v) is 4.21. The van der Waals surface area contributed by atoms with Crippen molar-refractivity contribution in [2.24, 2.45) is 0 Å². The average Bonchev–Trinajstić information content (AvgIpc) is 2.98. The van der Waals surface area contributed by atoms with Crippen LogP contribution in [0.2, 0.25) is 0 Å². The lowest BCUT2D eigenvalue weighted by Crippen LogP contribution is -2.17. The predicted molar refractivity (Wildman–Crippen MR) is 70.1 cm³/mol. The number of nitrogens with zero attached hydrogens (tertiary/aromatic N) is 2. The highest BCUT2D eigenvalue weighted by Gasteiger charge is 2.23. The molecule has 1 atom stereocenters. The Morgan fingerprint density at radius 2 is 2.15 bits per heavy atom. The van der Waals surface area contributed by atoms with Gasteiger partial charge >= 0.3 is 5.97 Å². The van der Waals surface area contributed by atoms with Gasteiger partial charge in [0.1, 0.15) is 5.92 Å². The number of nitrogens with one attached hydrogen (secondary N) is 1. The first-order valence-corrected chi connectivity index (χ1v) is 5.91. The molecule has 0 aliphatic heterocycles. The average molecular weight is 275 g/mol. The number of rotatable bonds is 5. The number of H-pyrrole nitrogens is 1. The van der Waals surface area contributed by atoms with Gasteiger partial charge in [-0.25, -0.2) is 4.98 Å². The van der Waals surface area contributed by atoms with Crippen LogP contribution in [0.1, 0.15) is 17.2 Å². The molecule has 1 N–H and O–H groups in total. The lowest BCUT2D eigenvalue weighted by Gasteiger charge is -2.12. The summed E-state index contributed by atoms with van der Waals surface area (Å²) in [6.45, 7) is 0. The number of imidazole rings is 1. The predicted octanol–water partition coefficient (Wildman–Crippen LogP) is 1.82. The highest BCUT2D eigenvalue weighted by molar-refractivity contribution is 5.77. The lowest BCUT2D eigenvalue weighted by molar-refractivity contribution is -0.384. The van der Waals surface area contributed by atoms with Gasteiger partial charge in [-0.3, -0.25) is 14.9 Å². The first-order chi connectivity index (χ1) is 9.61. The van der Waals surface area contributed by atoms with E-state index in [1.165, 1.54) is 25.6 Å². The lowest BCUT2D eigenvalue weighted by atomic mass is 9.96. The number of ether oxygens (including phenoxy) is 1. The molecule has 0 amide bonds. The summed E-state index contributed by atoms with van der Waals surface area (Å²) >= 11 is 0. The van der Waals surface area contributed by atoms with E-state index in [9.17, 15) is 14.9 Å². The van der Waals surface area contributed by atoms with E-state index < -0.39 is 10.8 Å². The third-order valence-electron chi connectivity index (χ3n) is 2.97. The molecule has 0 fully saturated rings. The number of aromatic amines is 1. The summed E-state index contributed by atoms with van der Waals surface area (Å²) < 4.78 is 4.78. The largest absolute Gasteiger partial charge is 0.468 e. The molecule has 7 nitrogen and oxygen atoms in total. The number of hydrogen-bond acceptors (Lipinski definition) is 5. The zero-order chi connectivity index (χ0) is 14.5. The van der Waals surface area contributed by atoms with Crippen LogP contribution in [0.15, 0.2) is 36.8 Å². The fourth-order valence-electron chi connectivity index (χ4n) is 1.91. The number of hydrogen-bond donors (Lipinski definition) is 1. The molecule has 0 aliphatic carbocycles. The van der Waals surface area contributed by atoms with Crippen LogP contribution in [-0.2, 0) is 16.0 Å². The van der Waals surface area contributed by atoms with E-state index in [2.05, 4.69) is 9.97 Å². The van der Waals surface area contributed by atoms with Crippen LogP contribution < -0.4 is 0 Å². The third kappa shape index (κ3) is 3.00. The highest BCUT2D eigenvalue weighted by atomic mass is 16.6. The number of non-ortho nitro benzene ring substituents is 1. The molecule has 1 aromatic carbocycles. The molecule has 0 spiro atoms. The van der Waals surface area contributed by atoms with Crippen molar-refractivity contribution < 1.29 is 14.5 Å². The molecule has 2 rings (SSSR count). The summed E-state index contributed by atoms with van der Waals surface area (Å²) in [5.74, 6) is -0.892. The molecule has 1 heterocycles. The minimum atomic E-state index is -0.510. The molecule has 104 valence electrons. The van der Waals surface area contributed by atoms with Crippen molar-refractivity contribution >= 4 is 11.7 Å². The zero-order valence-corrected chi connectivity index (χ0v) is 10.8. The SMILES string of the molecule is COC(=O)C(Cc1ccc([N+](=O)[O-])cc1)c1cnc[nH]1. The van der Waals surface area contributed by atoms with Gasteiger partial charge in [0.2, 0.25) is 0 Å². The molecule has 0 radical (unpaired) electrons. The van der Waals surface area contributed by atoms with Crippen LogP contribution in [0.4, 0.5) is 5.69 Å². The summed E-state index contributed by atoms with van der Waals surface area (Å²) in [5.41, 5.74) is 1.47. The number of aromatic nitrogens is 2. The van der Waals surface area contributed by atoms with E-state index in [1.807, 2.05) is 0 Å². The molecule has 1 unspecified atom stereocenters. The van der Waals surface area contributed by atoms with Gasteiger partial charge in [0.05, 0.1) is 18.4 Å². The van der Waals surface area contributed by atoms with Crippen LogP contribution in [0.5, 0.6) is 0 Å². The van der Waals surface area contributed by atoms with E-state index in [0.29, 0.717) is 12.1 Å². The van der Waals surface area contributed by atoms with Crippen molar-refractivity contribution in [2.75, 3.05) is 7.11 Å². The van der Waals surface area contributed by atoms with Gasteiger partial charge in [-0.05, 0) is 12.0 Å². The van der Waals surface area contributed by atoms with E-state index in [4.69, 9.17) is 4.74 Å². The number of esters is 1. The van der Waals surface area contributed by atoms with Gasteiger partial charge in [0.25, 0.3) is 5.69 Å². The van der Waals surface area contributed by atoms with E-state index >= 15 is 0 Å². The van der Waals surface area contributed by atoms with Crippen molar-refractivity contribution in [2.45, 2.75) is 12.3 Å². The Morgan fingerprint density at radius 1 is 1.45 bits per heavy atom. The molecule has 0 saturated heterocycles. The number of nitro groups is 1. The first kappa shape index (κ1) is 13.7. The van der Waals surface area contributed by atoms with Crippen molar-refractivity contribution in [1.29, 1.82) is 0 Å². The van der Waals surface area contributed by atoms with Gasteiger partial charge in [-0.2, -0.15) is 0 Å². The standard InChI is InChI=1S/C13H13N3O4/c1-20-13(17)11(12-7-14-8-15-12)6-9-2-4-10(5-3-9)16(18)19/h2-5,7-8,11H,6H2,1H3,(H,14,15). The van der Waals surface area contributed by atoms with E-state index in [0.717, 1.165) is 5.56 Å². The second-order valence-electron chi connectivity index (χ2n) is 4.21. The van der Waals surface area contributed by atoms with Crippen molar-refractivity contribution in [3.05, 3.63) is 58.2 Å². The molecular weight excluding hydrogens is 262 g/mol. The maximum Gasteiger partial charge on any atom is 0.315 e. The monoisotopic (exact) mass is 275 g/mol. The molecule has 0 bridgehead atoms. The Balaban J connectivity index is 2.20. The van der Waals surface area contributed by atoms with Gasteiger partial charge in [-0.15, -0.1) is 0 Å². The van der Waals surface area contributed by atoms with Gasteiger partial charge < -0.3 is 9.72 Å². The van der Waals surface area contributed by atoms with Crippen molar-refractivity contribution in [1.82, 2.24) is 9.97 Å². The summed E-state index contributed by atoms with van der Waals surface area (Å²) in [6, 6.07) is 6.09.